The number of anilines is 1. The molecule has 0 spiro atoms. The van der Waals surface area contributed by atoms with Crippen molar-refractivity contribution in [1.82, 2.24) is 5.32 Å². The zero-order chi connectivity index (χ0) is 21.3. The fraction of sp³-hybridized carbons (Fsp3) is 0.167. The smallest absolute Gasteiger partial charge is 0.259 e. The van der Waals surface area contributed by atoms with Gasteiger partial charge in [-0.25, -0.2) is 0 Å². The predicted octanol–water partition coefficient (Wildman–Crippen LogP) is 5.07. The molecule has 3 aromatic rings. The van der Waals surface area contributed by atoms with Crippen LogP contribution in [0.1, 0.15) is 33.2 Å². The molecule has 2 N–H and O–H groups in total. The van der Waals surface area contributed by atoms with Gasteiger partial charge in [-0.2, -0.15) is 0 Å². The summed E-state index contributed by atoms with van der Waals surface area (Å²) in [6, 6.07) is 22.2. The summed E-state index contributed by atoms with van der Waals surface area (Å²) in [5, 5.41) is 5.60. The Morgan fingerprint density at radius 3 is 2.40 bits per heavy atom. The largest absolute Gasteiger partial charge is 0.492 e. The van der Waals surface area contributed by atoms with Crippen LogP contribution in [-0.4, -0.2) is 25.0 Å². The van der Waals surface area contributed by atoms with Gasteiger partial charge in [0.05, 0.1) is 23.4 Å². The lowest BCUT2D eigenvalue weighted by Crippen LogP contribution is -2.25. The molecule has 154 valence electrons. The maximum atomic E-state index is 13.0. The second-order valence-electron chi connectivity index (χ2n) is 6.58. The van der Waals surface area contributed by atoms with Gasteiger partial charge < -0.3 is 15.4 Å². The third-order valence-electron chi connectivity index (χ3n) is 4.43. The van der Waals surface area contributed by atoms with E-state index < -0.39 is 0 Å². The third kappa shape index (κ3) is 5.70. The van der Waals surface area contributed by atoms with Gasteiger partial charge in [-0.05, 0) is 42.8 Å². The van der Waals surface area contributed by atoms with E-state index >= 15 is 0 Å². The maximum absolute atomic E-state index is 13.0. The number of hydrogen-bond donors (Lipinski definition) is 2. The van der Waals surface area contributed by atoms with E-state index in [1.165, 1.54) is 0 Å². The highest BCUT2D eigenvalue weighted by Crippen LogP contribution is 2.25. The average Bonchev–Trinajstić information content (AvgIpc) is 2.76. The fourth-order valence-electron chi connectivity index (χ4n) is 2.96. The van der Waals surface area contributed by atoms with Gasteiger partial charge in [0.15, 0.2) is 0 Å². The van der Waals surface area contributed by atoms with Crippen LogP contribution in [0, 0.1) is 0 Å². The van der Waals surface area contributed by atoms with Gasteiger partial charge in [0.25, 0.3) is 11.8 Å². The van der Waals surface area contributed by atoms with Gasteiger partial charge in [-0.1, -0.05) is 58.4 Å². The summed E-state index contributed by atoms with van der Waals surface area (Å²) in [6.07, 6.45) is 0.734. The summed E-state index contributed by atoms with van der Waals surface area (Å²) in [7, 11) is 0. The summed E-state index contributed by atoms with van der Waals surface area (Å²) in [4.78, 5) is 25.3. The minimum Gasteiger partial charge on any atom is -0.492 e. The molecule has 0 saturated heterocycles. The van der Waals surface area contributed by atoms with Crippen molar-refractivity contribution in [2.75, 3.05) is 18.5 Å². The normalized spacial score (nSPS) is 10.3. The standard InChI is InChI=1S/C24H23BrN2O3/c1-2-26-23(28)19-10-6-7-11-21(19)27-24(29)20-16-18(25)12-13-22(20)30-15-14-17-8-4-3-5-9-17/h3-13,16H,2,14-15H2,1H3,(H,26,28)(H,27,29). The summed E-state index contributed by atoms with van der Waals surface area (Å²) in [6.45, 7) is 2.80. The van der Waals surface area contributed by atoms with E-state index in [4.69, 9.17) is 4.74 Å². The molecule has 0 atom stereocenters. The van der Waals surface area contributed by atoms with E-state index in [2.05, 4.69) is 26.6 Å². The average molecular weight is 467 g/mol. The lowest BCUT2D eigenvalue weighted by Gasteiger charge is -2.14. The van der Waals surface area contributed by atoms with Crippen LogP contribution < -0.4 is 15.4 Å². The first-order chi connectivity index (χ1) is 14.6. The van der Waals surface area contributed by atoms with E-state index in [-0.39, 0.29) is 11.8 Å². The molecule has 0 aliphatic heterocycles. The number of para-hydroxylation sites is 1. The number of ether oxygens (including phenoxy) is 1. The van der Waals surface area contributed by atoms with Crippen molar-refractivity contribution in [2.45, 2.75) is 13.3 Å². The summed E-state index contributed by atoms with van der Waals surface area (Å²) in [5.41, 5.74) is 2.41. The molecule has 0 heterocycles. The minimum atomic E-state index is -0.345. The van der Waals surface area contributed by atoms with Crippen LogP contribution in [0.2, 0.25) is 0 Å². The van der Waals surface area contributed by atoms with E-state index in [0.29, 0.717) is 35.7 Å². The molecule has 0 unspecified atom stereocenters. The van der Waals surface area contributed by atoms with Gasteiger partial charge in [0, 0.05) is 17.4 Å². The first-order valence-corrected chi connectivity index (χ1v) is 10.5. The van der Waals surface area contributed by atoms with Crippen LogP contribution in [-0.2, 0) is 6.42 Å². The number of carbonyl (C=O) groups excluding carboxylic acids is 2. The molecule has 0 saturated carbocycles. The van der Waals surface area contributed by atoms with Gasteiger partial charge >= 0.3 is 0 Å². The van der Waals surface area contributed by atoms with Crippen LogP contribution in [0.5, 0.6) is 5.75 Å². The van der Waals surface area contributed by atoms with E-state index in [1.807, 2.05) is 43.3 Å². The highest BCUT2D eigenvalue weighted by molar-refractivity contribution is 9.10. The number of amides is 2. The fourth-order valence-corrected chi connectivity index (χ4v) is 3.33. The number of carbonyl (C=O) groups is 2. The Morgan fingerprint density at radius 1 is 0.900 bits per heavy atom. The molecule has 0 fully saturated rings. The summed E-state index contributed by atoms with van der Waals surface area (Å²) >= 11 is 3.41. The lowest BCUT2D eigenvalue weighted by atomic mass is 10.1. The van der Waals surface area contributed by atoms with Gasteiger partial charge in [0.2, 0.25) is 0 Å². The quantitative estimate of drug-likeness (QED) is 0.486. The summed E-state index contributed by atoms with van der Waals surface area (Å²) in [5.74, 6) is -0.0909. The van der Waals surface area contributed by atoms with Crippen LogP contribution in [0.3, 0.4) is 0 Å². The number of nitrogens with one attached hydrogen (secondary N) is 2. The van der Waals surface area contributed by atoms with Crippen molar-refractivity contribution >= 4 is 33.4 Å². The van der Waals surface area contributed by atoms with Crippen LogP contribution in [0.4, 0.5) is 5.69 Å². The first kappa shape index (κ1) is 21.6. The van der Waals surface area contributed by atoms with Crippen LogP contribution >= 0.6 is 15.9 Å². The second-order valence-corrected chi connectivity index (χ2v) is 7.50. The monoisotopic (exact) mass is 466 g/mol. The van der Waals surface area contributed by atoms with Crippen molar-refractivity contribution in [1.29, 1.82) is 0 Å². The Morgan fingerprint density at radius 2 is 1.63 bits per heavy atom. The number of hydrogen-bond acceptors (Lipinski definition) is 3. The Bertz CT molecular complexity index is 1020. The van der Waals surface area contributed by atoms with Gasteiger partial charge in [-0.3, -0.25) is 9.59 Å². The second kappa shape index (κ2) is 10.6. The molecule has 0 bridgehead atoms. The van der Waals surface area contributed by atoms with Crippen molar-refractivity contribution in [2.24, 2.45) is 0 Å². The highest BCUT2D eigenvalue weighted by atomic mass is 79.9. The predicted molar refractivity (Wildman–Crippen MR) is 122 cm³/mol. The van der Waals surface area contributed by atoms with E-state index in [9.17, 15) is 9.59 Å². The molecule has 5 nitrogen and oxygen atoms in total. The molecule has 2 amide bonds. The maximum Gasteiger partial charge on any atom is 0.259 e. The van der Waals surface area contributed by atoms with Crippen molar-refractivity contribution in [3.8, 4) is 5.75 Å². The molecule has 3 aromatic carbocycles. The zero-order valence-corrected chi connectivity index (χ0v) is 18.2. The van der Waals surface area contributed by atoms with E-state index in [1.54, 1.807) is 36.4 Å². The molecule has 0 radical (unpaired) electrons. The highest BCUT2D eigenvalue weighted by Gasteiger charge is 2.17. The SMILES string of the molecule is CCNC(=O)c1ccccc1NC(=O)c1cc(Br)ccc1OCCc1ccccc1. The van der Waals surface area contributed by atoms with Gasteiger partial charge in [0.1, 0.15) is 5.75 Å². The number of benzene rings is 3. The molecule has 0 aliphatic carbocycles. The minimum absolute atomic E-state index is 0.234. The molecule has 0 aliphatic rings. The molecular weight excluding hydrogens is 444 g/mol. The third-order valence-corrected chi connectivity index (χ3v) is 4.93. The van der Waals surface area contributed by atoms with Crippen LogP contribution in [0.25, 0.3) is 0 Å². The molecule has 30 heavy (non-hydrogen) atoms. The molecular formula is C24H23BrN2O3. The Balaban J connectivity index is 1.76. The Hall–Kier alpha value is -3.12. The van der Waals surface area contributed by atoms with Gasteiger partial charge in [-0.15, -0.1) is 0 Å². The molecule has 0 aromatic heterocycles. The van der Waals surface area contributed by atoms with Crippen molar-refractivity contribution in [3.63, 3.8) is 0 Å². The van der Waals surface area contributed by atoms with Crippen molar-refractivity contribution < 1.29 is 14.3 Å². The number of halogens is 1. The molecule has 6 heteroatoms. The molecule has 3 rings (SSSR count). The first-order valence-electron chi connectivity index (χ1n) is 9.73. The van der Waals surface area contributed by atoms with E-state index in [0.717, 1.165) is 16.5 Å². The van der Waals surface area contributed by atoms with Crippen LogP contribution in [0.15, 0.2) is 77.3 Å². The Kier molecular flexibility index (Phi) is 7.63. The summed E-state index contributed by atoms with van der Waals surface area (Å²) < 4.78 is 6.67. The number of rotatable bonds is 8. The zero-order valence-electron chi connectivity index (χ0n) is 16.7. The topological polar surface area (TPSA) is 67.4 Å². The van der Waals surface area contributed by atoms with Crippen molar-refractivity contribution in [3.05, 3.63) is 94.0 Å². The Labute approximate surface area is 184 Å². The lowest BCUT2D eigenvalue weighted by molar-refractivity contribution is 0.0956.